The van der Waals surface area contributed by atoms with E-state index in [1.165, 1.54) is 15.9 Å². The van der Waals surface area contributed by atoms with E-state index in [0.29, 0.717) is 6.61 Å². The van der Waals surface area contributed by atoms with E-state index < -0.39 is 16.6 Å². The summed E-state index contributed by atoms with van der Waals surface area (Å²) in [6, 6.07) is 21.8. The van der Waals surface area contributed by atoms with E-state index in [4.69, 9.17) is 13.8 Å². The van der Waals surface area contributed by atoms with Crippen molar-refractivity contribution in [3.05, 3.63) is 82.3 Å². The molecule has 0 aliphatic carbocycles. The Bertz CT molecular complexity index is 1150. The van der Waals surface area contributed by atoms with Crippen molar-refractivity contribution in [2.45, 2.75) is 91.1 Å². The van der Waals surface area contributed by atoms with Gasteiger partial charge in [-0.15, -0.1) is 11.3 Å². The van der Waals surface area contributed by atoms with Gasteiger partial charge in [0.1, 0.15) is 0 Å². The molecule has 0 aliphatic heterocycles. The summed E-state index contributed by atoms with van der Waals surface area (Å²) in [5, 5.41) is 5.88. The lowest BCUT2D eigenvalue weighted by atomic mass is 10.1. The van der Waals surface area contributed by atoms with Crippen LogP contribution in [0.25, 0.3) is 6.08 Å². The number of aryl methyl sites for hydroxylation is 1. The van der Waals surface area contributed by atoms with Crippen molar-refractivity contribution in [3.8, 4) is 0 Å². The van der Waals surface area contributed by atoms with Gasteiger partial charge in [-0.1, -0.05) is 102 Å². The largest absolute Gasteiger partial charge is 0.417 e. The smallest absolute Gasteiger partial charge is 0.261 e. The number of aromatic nitrogens is 1. The molecule has 3 rings (SSSR count). The molecule has 0 fully saturated rings. The first kappa shape index (κ1) is 30.7. The van der Waals surface area contributed by atoms with Gasteiger partial charge in [0.25, 0.3) is 8.32 Å². The number of thiazole rings is 1. The zero-order valence-corrected chi connectivity index (χ0v) is 27.9. The highest BCUT2D eigenvalue weighted by atomic mass is 32.1. The average Bonchev–Trinajstić information content (AvgIpc) is 3.25. The second-order valence-electron chi connectivity index (χ2n) is 12.8. The number of nitrogens with zero attached hydrogens (tertiary/aromatic N) is 1. The number of hydrogen-bond donors (Lipinski definition) is 0. The average molecular weight is 566 g/mol. The summed E-state index contributed by atoms with van der Waals surface area (Å²) in [5.74, 6) is 0. The molecular formula is C32H47NO2SSi2. The van der Waals surface area contributed by atoms with Crippen LogP contribution >= 0.6 is 11.3 Å². The normalized spacial score (nSPS) is 14.5. The van der Waals surface area contributed by atoms with Gasteiger partial charge in [0, 0.05) is 12.0 Å². The molecule has 0 aliphatic rings. The Hall–Kier alpha value is -1.84. The van der Waals surface area contributed by atoms with Crippen molar-refractivity contribution in [1.82, 2.24) is 4.98 Å². The van der Waals surface area contributed by atoms with E-state index in [2.05, 4.69) is 141 Å². The van der Waals surface area contributed by atoms with Gasteiger partial charge < -0.3 is 8.85 Å². The van der Waals surface area contributed by atoms with Gasteiger partial charge in [-0.3, -0.25) is 0 Å². The summed E-state index contributed by atoms with van der Waals surface area (Å²) in [7, 11) is -4.60. The van der Waals surface area contributed by atoms with Crippen LogP contribution in [0.4, 0.5) is 0 Å². The summed E-state index contributed by atoms with van der Waals surface area (Å²) in [6.45, 7) is 23.5. The molecule has 3 nitrogen and oxygen atoms in total. The quantitative estimate of drug-likeness (QED) is 0.232. The van der Waals surface area contributed by atoms with Crippen LogP contribution in [-0.4, -0.2) is 34.3 Å². The maximum absolute atomic E-state index is 7.60. The fourth-order valence-corrected chi connectivity index (χ4v) is 11.1. The molecule has 6 heteroatoms. The standard InChI is InChI=1S/C32H47NO2SSi2/c1-25(23-27-24-36-26(2)33-27)30(21-22-34-37(9,10)31(3,4)5)35-38(32(6,7)8,28-17-13-11-14-18-28)29-19-15-12-16-20-29/h11-20,23-24,30H,21-22H2,1-10H3/t30-/m1/s1. The molecule has 0 N–H and O–H groups in total. The molecule has 3 aromatic rings. The highest BCUT2D eigenvalue weighted by Gasteiger charge is 2.51. The Morgan fingerprint density at radius 2 is 1.42 bits per heavy atom. The maximum atomic E-state index is 7.60. The first-order valence-electron chi connectivity index (χ1n) is 13.7. The molecule has 38 heavy (non-hydrogen) atoms. The molecular weight excluding hydrogens is 519 g/mol. The van der Waals surface area contributed by atoms with E-state index in [1.54, 1.807) is 11.3 Å². The summed E-state index contributed by atoms with van der Waals surface area (Å²) in [6.07, 6.45) is 2.92. The fraction of sp³-hybridized carbons (Fsp3) is 0.469. The highest BCUT2D eigenvalue weighted by Crippen LogP contribution is 2.40. The molecule has 0 saturated carbocycles. The van der Waals surface area contributed by atoms with Crippen molar-refractivity contribution >= 4 is 44.4 Å². The van der Waals surface area contributed by atoms with Crippen molar-refractivity contribution < 1.29 is 8.85 Å². The van der Waals surface area contributed by atoms with Gasteiger partial charge in [0.05, 0.1) is 16.8 Å². The molecule has 1 atom stereocenters. The lowest BCUT2D eigenvalue weighted by Crippen LogP contribution is -2.67. The Morgan fingerprint density at radius 1 is 0.895 bits per heavy atom. The molecule has 0 saturated heterocycles. The second-order valence-corrected chi connectivity index (χ2v) is 23.0. The third kappa shape index (κ3) is 7.02. The number of hydrogen-bond acceptors (Lipinski definition) is 4. The maximum Gasteiger partial charge on any atom is 0.261 e. The van der Waals surface area contributed by atoms with Crippen LogP contribution in [0.1, 0.15) is 65.6 Å². The molecule has 1 aromatic heterocycles. The van der Waals surface area contributed by atoms with E-state index >= 15 is 0 Å². The summed E-state index contributed by atoms with van der Waals surface area (Å²) in [5.41, 5.74) is 2.20. The van der Waals surface area contributed by atoms with Crippen molar-refractivity contribution in [2.24, 2.45) is 0 Å². The molecule has 0 unspecified atom stereocenters. The first-order chi connectivity index (χ1) is 17.7. The summed E-state index contributed by atoms with van der Waals surface area (Å²) < 4.78 is 14.3. The van der Waals surface area contributed by atoms with Gasteiger partial charge in [0.15, 0.2) is 8.32 Å². The topological polar surface area (TPSA) is 31.4 Å². The van der Waals surface area contributed by atoms with Gasteiger partial charge in [-0.05, 0) is 65.5 Å². The van der Waals surface area contributed by atoms with Crippen molar-refractivity contribution in [2.75, 3.05) is 6.61 Å². The van der Waals surface area contributed by atoms with E-state index in [1.807, 2.05) is 0 Å². The van der Waals surface area contributed by atoms with Crippen molar-refractivity contribution in [3.63, 3.8) is 0 Å². The zero-order chi connectivity index (χ0) is 28.2. The third-order valence-corrected chi connectivity index (χ3v) is 18.3. The molecule has 2 aromatic carbocycles. The first-order valence-corrected chi connectivity index (χ1v) is 19.4. The predicted molar refractivity (Wildman–Crippen MR) is 171 cm³/mol. The number of benzene rings is 2. The molecule has 0 radical (unpaired) electrons. The monoisotopic (exact) mass is 565 g/mol. The summed E-state index contributed by atoms with van der Waals surface area (Å²) >= 11 is 1.69. The minimum Gasteiger partial charge on any atom is -0.417 e. The van der Waals surface area contributed by atoms with Crippen LogP contribution in [0.5, 0.6) is 0 Å². The lowest BCUT2D eigenvalue weighted by molar-refractivity contribution is 0.173. The minimum atomic E-state index is -2.72. The third-order valence-electron chi connectivity index (χ3n) is 7.91. The van der Waals surface area contributed by atoms with Crippen LogP contribution in [-0.2, 0) is 8.85 Å². The molecule has 0 spiro atoms. The Kier molecular flexibility index (Phi) is 9.80. The van der Waals surface area contributed by atoms with Crippen LogP contribution < -0.4 is 10.4 Å². The van der Waals surface area contributed by atoms with Crippen molar-refractivity contribution in [1.29, 1.82) is 0 Å². The van der Waals surface area contributed by atoms with E-state index in [9.17, 15) is 0 Å². The van der Waals surface area contributed by atoms with Crippen LogP contribution in [0.2, 0.25) is 23.2 Å². The Morgan fingerprint density at radius 3 is 1.84 bits per heavy atom. The minimum absolute atomic E-state index is 0.0897. The summed E-state index contributed by atoms with van der Waals surface area (Å²) in [4.78, 5) is 4.72. The zero-order valence-electron chi connectivity index (χ0n) is 25.1. The highest BCUT2D eigenvalue weighted by molar-refractivity contribution is 7.09. The van der Waals surface area contributed by atoms with Gasteiger partial charge in [-0.2, -0.15) is 0 Å². The van der Waals surface area contributed by atoms with Crippen LogP contribution in [0, 0.1) is 6.92 Å². The lowest BCUT2D eigenvalue weighted by Gasteiger charge is -2.45. The molecule has 1 heterocycles. The second kappa shape index (κ2) is 12.1. The van der Waals surface area contributed by atoms with Gasteiger partial charge in [-0.25, -0.2) is 4.98 Å². The van der Waals surface area contributed by atoms with Gasteiger partial charge >= 0.3 is 0 Å². The van der Waals surface area contributed by atoms with E-state index in [-0.39, 0.29) is 16.2 Å². The van der Waals surface area contributed by atoms with Gasteiger partial charge in [0.2, 0.25) is 0 Å². The fourth-order valence-electron chi connectivity index (χ4n) is 4.69. The van der Waals surface area contributed by atoms with Crippen LogP contribution in [0.15, 0.2) is 71.6 Å². The Balaban J connectivity index is 2.10. The van der Waals surface area contributed by atoms with Crippen LogP contribution in [0.3, 0.4) is 0 Å². The molecule has 0 bridgehead atoms. The SMILES string of the molecule is CC(=Cc1csc(C)n1)[C@@H](CCO[Si](C)(C)C(C)(C)C)O[Si](c1ccccc1)(c1ccccc1)C(C)(C)C. The number of rotatable bonds is 10. The predicted octanol–water partition coefficient (Wildman–Crippen LogP) is 8.21. The molecule has 0 amide bonds. The van der Waals surface area contributed by atoms with E-state index in [0.717, 1.165) is 17.1 Å². The Labute approximate surface area is 237 Å². The molecule has 206 valence electrons.